The molecule has 23 heavy (non-hydrogen) atoms. The fraction of sp³-hybridized carbons (Fsp3) is 0.0769. The van der Waals surface area contributed by atoms with Crippen LogP contribution in [0.4, 0.5) is 11.4 Å². The largest absolute Gasteiger partial charge is 0.477 e. The van der Waals surface area contributed by atoms with Crippen LogP contribution >= 0.6 is 0 Å². The molecule has 0 unspecified atom stereocenters. The van der Waals surface area contributed by atoms with Crippen LogP contribution in [0.15, 0.2) is 47.5 Å². The first-order valence-corrected chi connectivity index (χ1v) is 7.60. The first-order valence-electron chi connectivity index (χ1n) is 6.16. The lowest BCUT2D eigenvalue weighted by Gasteiger charge is -2.19. The standard InChI is InChI=1S/C13H11N3O6S/c1-15(10-6-7-14-12(8-10)13(17)18)23(21,22)11-4-2-9(3-5-11)16(19)20/h2-8H,1H3,(H,17,18). The number of sulfonamides is 1. The van der Waals surface area contributed by atoms with Crippen LogP contribution in [-0.2, 0) is 10.0 Å². The Morgan fingerprint density at radius 2 is 1.87 bits per heavy atom. The highest BCUT2D eigenvalue weighted by atomic mass is 32.2. The molecule has 9 nitrogen and oxygen atoms in total. The number of hydrogen-bond donors (Lipinski definition) is 1. The van der Waals surface area contributed by atoms with Gasteiger partial charge in [0.25, 0.3) is 15.7 Å². The topological polar surface area (TPSA) is 131 Å². The number of benzene rings is 1. The molecule has 1 aromatic carbocycles. The second-order valence-corrected chi connectivity index (χ2v) is 6.40. The Morgan fingerprint density at radius 1 is 1.26 bits per heavy atom. The average Bonchev–Trinajstić information content (AvgIpc) is 2.54. The molecule has 0 aliphatic rings. The second-order valence-electron chi connectivity index (χ2n) is 4.43. The lowest BCUT2D eigenvalue weighted by Crippen LogP contribution is -2.26. The third kappa shape index (κ3) is 3.26. The van der Waals surface area contributed by atoms with Crippen LogP contribution in [0.5, 0.6) is 0 Å². The Hall–Kier alpha value is -3.01. The Labute approximate surface area is 131 Å². The van der Waals surface area contributed by atoms with Crippen molar-refractivity contribution in [3.05, 3.63) is 58.4 Å². The minimum absolute atomic E-state index is 0.107. The molecule has 2 rings (SSSR count). The molecule has 0 spiro atoms. The number of pyridine rings is 1. The van der Waals surface area contributed by atoms with Gasteiger partial charge in [-0.3, -0.25) is 14.4 Å². The molecule has 0 saturated carbocycles. The number of hydrogen-bond acceptors (Lipinski definition) is 6. The maximum Gasteiger partial charge on any atom is 0.354 e. The van der Waals surface area contributed by atoms with Crippen LogP contribution in [0, 0.1) is 10.1 Å². The summed E-state index contributed by atoms with van der Waals surface area (Å²) in [6, 6.07) is 6.85. The number of nitro groups is 1. The fourth-order valence-electron chi connectivity index (χ4n) is 1.77. The Balaban J connectivity index is 2.40. The van der Waals surface area contributed by atoms with Gasteiger partial charge in [0.2, 0.25) is 0 Å². The number of anilines is 1. The molecule has 10 heteroatoms. The summed E-state index contributed by atoms with van der Waals surface area (Å²) in [5.74, 6) is -1.28. The van der Waals surface area contributed by atoms with Gasteiger partial charge in [0.15, 0.2) is 0 Å². The van der Waals surface area contributed by atoms with Gasteiger partial charge in [-0.2, -0.15) is 0 Å². The number of aromatic nitrogens is 1. The van der Waals surface area contributed by atoms with Crippen molar-refractivity contribution < 1.29 is 23.2 Å². The average molecular weight is 337 g/mol. The van der Waals surface area contributed by atoms with Crippen LogP contribution in [-0.4, -0.2) is 36.4 Å². The highest BCUT2D eigenvalue weighted by Crippen LogP contribution is 2.23. The van der Waals surface area contributed by atoms with Gasteiger partial charge >= 0.3 is 5.97 Å². The molecule has 0 saturated heterocycles. The van der Waals surface area contributed by atoms with E-state index in [2.05, 4.69) is 4.98 Å². The maximum atomic E-state index is 12.5. The van der Waals surface area contributed by atoms with Crippen molar-refractivity contribution in [1.29, 1.82) is 0 Å². The van der Waals surface area contributed by atoms with Crippen molar-refractivity contribution in [1.82, 2.24) is 4.98 Å². The third-order valence-corrected chi connectivity index (χ3v) is 4.83. The van der Waals surface area contributed by atoms with E-state index < -0.39 is 20.9 Å². The van der Waals surface area contributed by atoms with E-state index in [1.54, 1.807) is 0 Å². The molecule has 0 aliphatic heterocycles. The summed E-state index contributed by atoms with van der Waals surface area (Å²) in [5.41, 5.74) is -0.423. The highest BCUT2D eigenvalue weighted by Gasteiger charge is 2.23. The van der Waals surface area contributed by atoms with Crippen molar-refractivity contribution in [2.75, 3.05) is 11.4 Å². The van der Waals surface area contributed by atoms with E-state index in [4.69, 9.17) is 5.11 Å². The lowest BCUT2D eigenvalue weighted by molar-refractivity contribution is -0.384. The number of carbonyl (C=O) groups is 1. The molecular weight excluding hydrogens is 326 g/mol. The van der Waals surface area contributed by atoms with Gasteiger partial charge in [-0.25, -0.2) is 18.2 Å². The van der Waals surface area contributed by atoms with E-state index in [1.807, 2.05) is 0 Å². The minimum atomic E-state index is -3.99. The third-order valence-electron chi connectivity index (χ3n) is 3.03. The molecule has 0 radical (unpaired) electrons. The number of nitro benzene ring substituents is 1. The smallest absolute Gasteiger partial charge is 0.354 e. The van der Waals surface area contributed by atoms with Gasteiger partial charge in [-0.15, -0.1) is 0 Å². The van der Waals surface area contributed by atoms with Gasteiger partial charge < -0.3 is 5.11 Å². The van der Waals surface area contributed by atoms with Crippen molar-refractivity contribution >= 4 is 27.4 Å². The van der Waals surface area contributed by atoms with Crippen molar-refractivity contribution in [2.24, 2.45) is 0 Å². The van der Waals surface area contributed by atoms with E-state index in [-0.39, 0.29) is 22.0 Å². The number of non-ortho nitro benzene ring substituents is 1. The zero-order chi connectivity index (χ0) is 17.2. The lowest BCUT2D eigenvalue weighted by atomic mass is 10.3. The fourth-order valence-corrected chi connectivity index (χ4v) is 2.96. The normalized spacial score (nSPS) is 11.0. The van der Waals surface area contributed by atoms with Gasteiger partial charge in [-0.05, 0) is 24.3 Å². The first kappa shape index (κ1) is 16.4. The molecular formula is C13H11N3O6S. The molecule has 1 N–H and O–H groups in total. The molecule has 2 aromatic rings. The second kappa shape index (κ2) is 6.01. The molecule has 0 bridgehead atoms. The Kier molecular flexibility index (Phi) is 4.27. The predicted octanol–water partition coefficient (Wildman–Crippen LogP) is 1.51. The van der Waals surface area contributed by atoms with E-state index in [0.29, 0.717) is 0 Å². The zero-order valence-electron chi connectivity index (χ0n) is 11.8. The number of nitrogens with zero attached hydrogens (tertiary/aromatic N) is 3. The molecule has 1 heterocycles. The SMILES string of the molecule is CN(c1ccnc(C(=O)O)c1)S(=O)(=O)c1ccc([N+](=O)[O-])cc1. The first-order chi connectivity index (χ1) is 10.7. The van der Waals surface area contributed by atoms with E-state index >= 15 is 0 Å². The number of aromatic carboxylic acids is 1. The molecule has 1 aromatic heterocycles. The van der Waals surface area contributed by atoms with Gasteiger partial charge in [0, 0.05) is 25.4 Å². The van der Waals surface area contributed by atoms with E-state index in [0.717, 1.165) is 34.6 Å². The monoisotopic (exact) mass is 337 g/mol. The summed E-state index contributed by atoms with van der Waals surface area (Å²) >= 11 is 0. The summed E-state index contributed by atoms with van der Waals surface area (Å²) in [5, 5.41) is 19.5. The zero-order valence-corrected chi connectivity index (χ0v) is 12.6. The summed E-state index contributed by atoms with van der Waals surface area (Å²) in [6.07, 6.45) is 1.18. The van der Waals surface area contributed by atoms with Crippen LogP contribution < -0.4 is 4.31 Å². The Bertz CT molecular complexity index is 864. The van der Waals surface area contributed by atoms with Crippen LogP contribution in [0.25, 0.3) is 0 Å². The van der Waals surface area contributed by atoms with Crippen LogP contribution in [0.2, 0.25) is 0 Å². The summed E-state index contributed by atoms with van der Waals surface area (Å²) < 4.78 is 25.8. The quantitative estimate of drug-likeness (QED) is 0.646. The number of carboxylic acid groups (broad SMARTS) is 1. The van der Waals surface area contributed by atoms with Crippen LogP contribution in [0.3, 0.4) is 0 Å². The van der Waals surface area contributed by atoms with E-state index in [1.165, 1.54) is 19.3 Å². The summed E-state index contributed by atoms with van der Waals surface area (Å²) in [6.45, 7) is 0. The molecule has 0 aliphatic carbocycles. The molecule has 120 valence electrons. The van der Waals surface area contributed by atoms with Crippen molar-refractivity contribution in [2.45, 2.75) is 4.90 Å². The van der Waals surface area contributed by atoms with Gasteiger partial charge in [0.05, 0.1) is 15.5 Å². The van der Waals surface area contributed by atoms with Crippen molar-refractivity contribution in [3.63, 3.8) is 0 Å². The predicted molar refractivity (Wildman–Crippen MR) is 79.9 cm³/mol. The van der Waals surface area contributed by atoms with Crippen LogP contribution in [0.1, 0.15) is 10.5 Å². The maximum absolute atomic E-state index is 12.5. The molecule has 0 amide bonds. The number of rotatable bonds is 5. The highest BCUT2D eigenvalue weighted by molar-refractivity contribution is 7.92. The molecule has 0 fully saturated rings. The molecule has 0 atom stereocenters. The van der Waals surface area contributed by atoms with E-state index in [9.17, 15) is 23.3 Å². The summed E-state index contributed by atoms with van der Waals surface area (Å²) in [7, 11) is -2.74. The Morgan fingerprint density at radius 3 is 2.39 bits per heavy atom. The summed E-state index contributed by atoms with van der Waals surface area (Å²) in [4.78, 5) is 24.3. The van der Waals surface area contributed by atoms with Gasteiger partial charge in [0.1, 0.15) is 5.69 Å². The van der Waals surface area contributed by atoms with Gasteiger partial charge in [-0.1, -0.05) is 0 Å². The van der Waals surface area contributed by atoms with Crippen molar-refractivity contribution in [3.8, 4) is 0 Å². The number of carboxylic acids is 1. The minimum Gasteiger partial charge on any atom is -0.477 e.